The maximum atomic E-state index is 13.9. The molecule has 1 atom stereocenters. The normalized spacial score (nSPS) is 12.5. The Kier molecular flexibility index (Phi) is 10.3. The number of rotatable bonds is 9. The zero-order valence-electron chi connectivity index (χ0n) is 27.3. The minimum atomic E-state index is -4.67. The predicted octanol–water partition coefficient (Wildman–Crippen LogP) is 7.57. The fourth-order valence-electron chi connectivity index (χ4n) is 4.98. The molecule has 250 valence electrons. The molecule has 4 rings (SSSR count). The Bertz CT molecular complexity index is 1860. The summed E-state index contributed by atoms with van der Waals surface area (Å²) in [6, 6.07) is 9.69. The second kappa shape index (κ2) is 13.8. The third-order valence-electron chi connectivity index (χ3n) is 7.09. The van der Waals surface area contributed by atoms with E-state index in [1.54, 1.807) is 40.8 Å². The van der Waals surface area contributed by atoms with E-state index in [0.29, 0.717) is 41.1 Å². The van der Waals surface area contributed by atoms with Crippen molar-refractivity contribution in [2.24, 2.45) is 0 Å². The van der Waals surface area contributed by atoms with E-state index in [0.717, 1.165) is 23.3 Å². The summed E-state index contributed by atoms with van der Waals surface area (Å²) in [7, 11) is 0. The molecule has 10 nitrogen and oxygen atoms in total. The number of hydrogen-bond donors (Lipinski definition) is 2. The zero-order chi connectivity index (χ0) is 34.7. The molecule has 0 aliphatic heterocycles. The number of ether oxygens (including phenoxy) is 2. The zero-order valence-corrected chi connectivity index (χ0v) is 27.3. The minimum Gasteiger partial charge on any atom is -0.466 e. The molecule has 47 heavy (non-hydrogen) atoms. The lowest BCUT2D eigenvalue weighted by Gasteiger charge is -2.22. The Labute approximate surface area is 270 Å². The van der Waals surface area contributed by atoms with Crippen molar-refractivity contribution in [2.45, 2.75) is 79.3 Å². The van der Waals surface area contributed by atoms with Crippen LogP contribution in [-0.2, 0) is 27.0 Å². The summed E-state index contributed by atoms with van der Waals surface area (Å²) in [6.07, 6.45) is -3.37. The Morgan fingerprint density at radius 2 is 1.74 bits per heavy atom. The van der Waals surface area contributed by atoms with E-state index in [2.05, 4.69) is 20.6 Å². The van der Waals surface area contributed by atoms with Crippen molar-refractivity contribution in [1.82, 2.24) is 14.5 Å². The highest BCUT2D eigenvalue weighted by Gasteiger charge is 2.32. The molecule has 0 bridgehead atoms. The first-order valence-electron chi connectivity index (χ1n) is 15.0. The SMILES string of the molecule is CC(=O)OCCCn1ccc(-c2cc3c(N[C@H](C)c4cc(NC(=O)OC(C)(C)C)cc(C(F)(F)F)c4)nc(C)nc3cc2C)cc1=O. The molecule has 2 N–H and O–H groups in total. The molecule has 0 fully saturated rings. The number of benzene rings is 2. The van der Waals surface area contributed by atoms with Crippen molar-refractivity contribution in [2.75, 3.05) is 17.2 Å². The fraction of sp³-hybridized carbons (Fsp3) is 0.382. The average Bonchev–Trinajstić information content (AvgIpc) is 2.93. The van der Waals surface area contributed by atoms with Crippen LogP contribution in [0.25, 0.3) is 22.0 Å². The van der Waals surface area contributed by atoms with Crippen LogP contribution in [0.2, 0.25) is 0 Å². The van der Waals surface area contributed by atoms with E-state index >= 15 is 0 Å². The largest absolute Gasteiger partial charge is 0.466 e. The molecule has 2 aromatic carbocycles. The summed E-state index contributed by atoms with van der Waals surface area (Å²) < 4.78 is 53.4. The number of carbonyl (C=O) groups excluding carboxylic acids is 2. The maximum absolute atomic E-state index is 13.9. The van der Waals surface area contributed by atoms with E-state index in [4.69, 9.17) is 9.47 Å². The lowest BCUT2D eigenvalue weighted by Crippen LogP contribution is -2.27. The molecule has 13 heteroatoms. The van der Waals surface area contributed by atoms with E-state index in [1.807, 2.05) is 25.1 Å². The second-order valence-electron chi connectivity index (χ2n) is 12.3. The van der Waals surface area contributed by atoms with Crippen molar-refractivity contribution in [3.8, 4) is 11.1 Å². The standard InChI is InChI=1S/C34H38F3N5O5/c1-19-13-29-28(18-27(19)23-9-11-42(30(44)16-23)10-8-12-46-22(4)43)31(40-21(3)39-29)38-20(2)24-14-25(34(35,36)37)17-26(15-24)41-32(45)47-33(5,6)7/h9,11,13-18,20H,8,10,12H2,1-7H3,(H,41,45)(H,38,39,40)/t20-/m1/s1. The molecular weight excluding hydrogens is 615 g/mol. The number of pyridine rings is 1. The first kappa shape index (κ1) is 34.9. The Balaban J connectivity index is 1.67. The van der Waals surface area contributed by atoms with Gasteiger partial charge in [0.25, 0.3) is 5.56 Å². The van der Waals surface area contributed by atoms with Gasteiger partial charge in [0.05, 0.1) is 23.7 Å². The van der Waals surface area contributed by atoms with Crippen molar-refractivity contribution >= 4 is 34.5 Å². The third-order valence-corrected chi connectivity index (χ3v) is 7.09. The topological polar surface area (TPSA) is 124 Å². The van der Waals surface area contributed by atoms with E-state index in [1.165, 1.54) is 23.6 Å². The molecule has 4 aromatic rings. The molecule has 0 saturated heterocycles. The minimum absolute atomic E-state index is 0.0690. The summed E-state index contributed by atoms with van der Waals surface area (Å²) in [5.74, 6) is 0.461. The number of esters is 1. The van der Waals surface area contributed by atoms with Gasteiger partial charge in [-0.15, -0.1) is 0 Å². The predicted molar refractivity (Wildman–Crippen MR) is 173 cm³/mol. The van der Waals surface area contributed by atoms with Crippen molar-refractivity contribution in [1.29, 1.82) is 0 Å². The van der Waals surface area contributed by atoms with Crippen LogP contribution in [0.4, 0.5) is 29.5 Å². The monoisotopic (exact) mass is 653 g/mol. The van der Waals surface area contributed by atoms with Gasteiger partial charge in [-0.05, 0) is 107 Å². The number of hydrogen-bond acceptors (Lipinski definition) is 8. The highest BCUT2D eigenvalue weighted by atomic mass is 19.4. The number of halogens is 3. The molecule has 1 amide bonds. The van der Waals surface area contributed by atoms with E-state index in [-0.39, 0.29) is 29.4 Å². The second-order valence-corrected chi connectivity index (χ2v) is 12.3. The molecule has 0 spiro atoms. The number of anilines is 2. The first-order valence-corrected chi connectivity index (χ1v) is 15.0. The number of aryl methyl sites for hydroxylation is 3. The van der Waals surface area contributed by atoms with Gasteiger partial charge in [0.2, 0.25) is 0 Å². The average molecular weight is 654 g/mol. The van der Waals surface area contributed by atoms with Gasteiger partial charge in [0.1, 0.15) is 17.2 Å². The van der Waals surface area contributed by atoms with Crippen molar-refractivity contribution in [3.05, 3.63) is 81.5 Å². The van der Waals surface area contributed by atoms with Gasteiger partial charge in [0.15, 0.2) is 0 Å². The highest BCUT2D eigenvalue weighted by molar-refractivity contribution is 5.94. The number of nitrogens with one attached hydrogen (secondary N) is 2. The lowest BCUT2D eigenvalue weighted by molar-refractivity contribution is -0.141. The summed E-state index contributed by atoms with van der Waals surface area (Å²) >= 11 is 0. The fourth-order valence-corrected chi connectivity index (χ4v) is 4.98. The van der Waals surface area contributed by atoms with E-state index < -0.39 is 29.5 Å². The van der Waals surface area contributed by atoms with E-state index in [9.17, 15) is 27.6 Å². The van der Waals surface area contributed by atoms with Crippen molar-refractivity contribution in [3.63, 3.8) is 0 Å². The number of fused-ring (bicyclic) bond motifs is 1. The van der Waals surface area contributed by atoms with Gasteiger partial charge in [0, 0.05) is 36.8 Å². The van der Waals surface area contributed by atoms with Crippen LogP contribution >= 0.6 is 0 Å². The maximum Gasteiger partial charge on any atom is 0.416 e. The number of alkyl halides is 3. The van der Waals surface area contributed by atoms with Crippen molar-refractivity contribution < 1.29 is 32.2 Å². The van der Waals surface area contributed by atoms with Gasteiger partial charge in [-0.1, -0.05) is 0 Å². The highest BCUT2D eigenvalue weighted by Crippen LogP contribution is 2.36. The number of aromatic nitrogens is 3. The van der Waals surface area contributed by atoms with Gasteiger partial charge < -0.3 is 19.4 Å². The third kappa shape index (κ3) is 9.30. The first-order chi connectivity index (χ1) is 21.9. The Morgan fingerprint density at radius 1 is 1.02 bits per heavy atom. The Morgan fingerprint density at radius 3 is 2.38 bits per heavy atom. The summed E-state index contributed by atoms with van der Waals surface area (Å²) in [6.45, 7) is 12.2. The number of nitrogens with zero attached hydrogens (tertiary/aromatic N) is 3. The molecule has 0 aliphatic carbocycles. The van der Waals surface area contributed by atoms with Crippen LogP contribution in [0.15, 0.2) is 53.5 Å². The number of carbonyl (C=O) groups is 2. The molecular formula is C34H38F3N5O5. The van der Waals surface area contributed by atoms with Crippen LogP contribution in [0.3, 0.4) is 0 Å². The molecule has 0 aliphatic rings. The summed E-state index contributed by atoms with van der Waals surface area (Å²) in [5, 5.41) is 6.24. The lowest BCUT2D eigenvalue weighted by atomic mass is 9.98. The summed E-state index contributed by atoms with van der Waals surface area (Å²) in [5.41, 5.74) is 1.08. The number of amides is 1. The van der Waals surface area contributed by atoms with Gasteiger partial charge in [-0.25, -0.2) is 14.8 Å². The summed E-state index contributed by atoms with van der Waals surface area (Å²) in [4.78, 5) is 45.4. The van der Waals surface area contributed by atoms with Gasteiger partial charge in [-0.2, -0.15) is 13.2 Å². The molecule has 0 unspecified atom stereocenters. The van der Waals surface area contributed by atoms with Crippen LogP contribution < -0.4 is 16.2 Å². The van der Waals surface area contributed by atoms with Crippen LogP contribution in [0.1, 0.15) is 69.6 Å². The van der Waals surface area contributed by atoms with Gasteiger partial charge in [-0.3, -0.25) is 14.9 Å². The molecule has 0 saturated carbocycles. The molecule has 0 radical (unpaired) electrons. The molecule has 2 heterocycles. The van der Waals surface area contributed by atoms with Crippen LogP contribution in [0, 0.1) is 13.8 Å². The quantitative estimate of drug-likeness (QED) is 0.140. The van der Waals surface area contributed by atoms with Crippen LogP contribution in [-0.4, -0.2) is 38.8 Å². The van der Waals surface area contributed by atoms with Gasteiger partial charge >= 0.3 is 18.2 Å². The smallest absolute Gasteiger partial charge is 0.416 e. The van der Waals surface area contributed by atoms with Crippen LogP contribution in [0.5, 0.6) is 0 Å². The Hall–Kier alpha value is -4.94. The molecule has 2 aromatic heterocycles.